The van der Waals surface area contributed by atoms with Crippen molar-refractivity contribution in [3.05, 3.63) is 12.2 Å². The standard InChI is InChI=1S/C10H14O2/c11-9-5-6-1-2-8-7(9)3-4-10(8)12-6/h1-2,6-11H,3-5H2/t6-,7+,8+,9?,10-/m1/s1. The summed E-state index contributed by atoms with van der Waals surface area (Å²) in [4.78, 5) is 0. The first-order valence-corrected chi connectivity index (χ1v) is 4.86. The Morgan fingerprint density at radius 2 is 2.17 bits per heavy atom. The first kappa shape index (κ1) is 7.10. The lowest BCUT2D eigenvalue weighted by Crippen LogP contribution is -2.25. The van der Waals surface area contributed by atoms with Crippen LogP contribution in [0.3, 0.4) is 0 Å². The van der Waals surface area contributed by atoms with Gasteiger partial charge in [0.15, 0.2) is 0 Å². The van der Waals surface area contributed by atoms with Crippen LogP contribution >= 0.6 is 0 Å². The van der Waals surface area contributed by atoms with Crippen molar-refractivity contribution in [1.29, 1.82) is 0 Å². The van der Waals surface area contributed by atoms with E-state index in [2.05, 4.69) is 12.2 Å². The third kappa shape index (κ3) is 0.824. The molecular formula is C10H14O2. The minimum absolute atomic E-state index is 0.123. The fourth-order valence-electron chi connectivity index (χ4n) is 2.96. The lowest BCUT2D eigenvalue weighted by Gasteiger charge is -2.24. The van der Waals surface area contributed by atoms with Gasteiger partial charge in [0.25, 0.3) is 0 Å². The molecule has 4 rings (SSSR count). The Morgan fingerprint density at radius 3 is 3.08 bits per heavy atom. The van der Waals surface area contributed by atoms with Crippen molar-refractivity contribution < 1.29 is 9.84 Å². The summed E-state index contributed by atoms with van der Waals surface area (Å²) in [5.41, 5.74) is 0. The van der Waals surface area contributed by atoms with E-state index in [1.54, 1.807) is 0 Å². The maximum atomic E-state index is 9.84. The quantitative estimate of drug-likeness (QED) is 0.546. The first-order valence-electron chi connectivity index (χ1n) is 4.86. The summed E-state index contributed by atoms with van der Waals surface area (Å²) in [6.45, 7) is 0. The second-order valence-corrected chi connectivity index (χ2v) is 4.22. The molecule has 1 N–H and O–H groups in total. The molecule has 1 unspecified atom stereocenters. The van der Waals surface area contributed by atoms with Gasteiger partial charge in [-0.3, -0.25) is 0 Å². The molecule has 12 heavy (non-hydrogen) atoms. The van der Waals surface area contributed by atoms with Crippen LogP contribution < -0.4 is 0 Å². The van der Waals surface area contributed by atoms with Crippen LogP contribution in [-0.4, -0.2) is 23.4 Å². The molecule has 2 heteroatoms. The summed E-state index contributed by atoms with van der Waals surface area (Å²) in [5, 5.41) is 9.84. The molecule has 4 aliphatic rings. The van der Waals surface area contributed by atoms with Gasteiger partial charge in [-0.25, -0.2) is 0 Å². The van der Waals surface area contributed by atoms with Crippen LogP contribution in [0.2, 0.25) is 0 Å². The second kappa shape index (κ2) is 2.33. The highest BCUT2D eigenvalue weighted by molar-refractivity contribution is 5.11. The first-order chi connectivity index (χ1) is 5.84. The third-order valence-electron chi connectivity index (χ3n) is 3.57. The van der Waals surface area contributed by atoms with E-state index >= 15 is 0 Å². The van der Waals surface area contributed by atoms with Gasteiger partial charge in [-0.15, -0.1) is 0 Å². The van der Waals surface area contributed by atoms with E-state index in [0.717, 1.165) is 19.3 Å². The SMILES string of the molecule is OC1C[C@H]2C=C[C@H]3[C@@H]1CC[C@H]3O2. The third-order valence-corrected chi connectivity index (χ3v) is 3.57. The van der Waals surface area contributed by atoms with Gasteiger partial charge in [0.05, 0.1) is 18.3 Å². The molecule has 0 aromatic rings. The summed E-state index contributed by atoms with van der Waals surface area (Å²) >= 11 is 0. The predicted octanol–water partition coefficient (Wildman–Crippen LogP) is 1.10. The molecule has 66 valence electrons. The highest BCUT2D eigenvalue weighted by Crippen LogP contribution is 2.44. The minimum Gasteiger partial charge on any atom is -0.393 e. The molecule has 2 aliphatic carbocycles. The number of hydrogen-bond acceptors (Lipinski definition) is 2. The molecule has 0 spiro atoms. The Labute approximate surface area is 72.2 Å². The van der Waals surface area contributed by atoms with E-state index in [1.807, 2.05) is 0 Å². The maximum Gasteiger partial charge on any atom is 0.0784 e. The van der Waals surface area contributed by atoms with E-state index in [9.17, 15) is 5.11 Å². The molecule has 2 heterocycles. The van der Waals surface area contributed by atoms with Gasteiger partial charge >= 0.3 is 0 Å². The number of aliphatic hydroxyl groups excluding tert-OH is 1. The molecule has 2 fully saturated rings. The molecule has 0 radical (unpaired) electrons. The molecule has 1 saturated heterocycles. The molecule has 4 bridgehead atoms. The van der Waals surface area contributed by atoms with Crippen LogP contribution in [0.1, 0.15) is 19.3 Å². The van der Waals surface area contributed by atoms with Crippen molar-refractivity contribution in [2.75, 3.05) is 0 Å². The number of hydrogen-bond donors (Lipinski definition) is 1. The van der Waals surface area contributed by atoms with Gasteiger partial charge < -0.3 is 9.84 Å². The number of fused-ring (bicyclic) bond motifs is 1. The molecule has 2 aliphatic heterocycles. The number of rotatable bonds is 0. The van der Waals surface area contributed by atoms with E-state index in [-0.39, 0.29) is 12.2 Å². The summed E-state index contributed by atoms with van der Waals surface area (Å²) in [7, 11) is 0. The monoisotopic (exact) mass is 166 g/mol. The van der Waals surface area contributed by atoms with E-state index in [1.165, 1.54) is 0 Å². The molecule has 5 atom stereocenters. The zero-order valence-corrected chi connectivity index (χ0v) is 7.02. The lowest BCUT2D eigenvalue weighted by molar-refractivity contribution is -0.00928. The van der Waals surface area contributed by atoms with Gasteiger partial charge in [-0.1, -0.05) is 12.2 Å². The highest BCUT2D eigenvalue weighted by atomic mass is 16.5. The fraction of sp³-hybridized carbons (Fsp3) is 0.800. The van der Waals surface area contributed by atoms with Crippen LogP contribution in [0.25, 0.3) is 0 Å². The van der Waals surface area contributed by atoms with Crippen LogP contribution in [0.4, 0.5) is 0 Å². The predicted molar refractivity (Wildman–Crippen MR) is 44.6 cm³/mol. The molecule has 0 aromatic heterocycles. The summed E-state index contributed by atoms with van der Waals surface area (Å²) < 4.78 is 5.82. The Bertz CT molecular complexity index is 222. The van der Waals surface area contributed by atoms with E-state index in [0.29, 0.717) is 17.9 Å². The highest BCUT2D eigenvalue weighted by Gasteiger charge is 2.45. The maximum absolute atomic E-state index is 9.84. The van der Waals surface area contributed by atoms with E-state index < -0.39 is 0 Å². The Morgan fingerprint density at radius 1 is 1.25 bits per heavy atom. The smallest absolute Gasteiger partial charge is 0.0784 e. The van der Waals surface area contributed by atoms with Crippen molar-refractivity contribution in [1.82, 2.24) is 0 Å². The topological polar surface area (TPSA) is 29.5 Å². The molecular weight excluding hydrogens is 152 g/mol. The van der Waals surface area contributed by atoms with Gasteiger partial charge in [-0.2, -0.15) is 0 Å². The van der Waals surface area contributed by atoms with Crippen molar-refractivity contribution >= 4 is 0 Å². The van der Waals surface area contributed by atoms with Crippen LogP contribution in [-0.2, 0) is 4.74 Å². The van der Waals surface area contributed by atoms with Crippen molar-refractivity contribution in [3.63, 3.8) is 0 Å². The van der Waals surface area contributed by atoms with Crippen molar-refractivity contribution in [2.24, 2.45) is 11.8 Å². The van der Waals surface area contributed by atoms with Crippen LogP contribution in [0.5, 0.6) is 0 Å². The summed E-state index contributed by atoms with van der Waals surface area (Å²) in [6.07, 6.45) is 8.01. The molecule has 1 saturated carbocycles. The zero-order valence-electron chi connectivity index (χ0n) is 7.02. The van der Waals surface area contributed by atoms with E-state index in [4.69, 9.17) is 4.74 Å². The molecule has 0 aromatic carbocycles. The largest absolute Gasteiger partial charge is 0.393 e. The van der Waals surface area contributed by atoms with Gasteiger partial charge in [0.2, 0.25) is 0 Å². The molecule has 2 nitrogen and oxygen atoms in total. The Hall–Kier alpha value is -0.340. The Balaban J connectivity index is 2.00. The van der Waals surface area contributed by atoms with Crippen LogP contribution in [0.15, 0.2) is 12.2 Å². The zero-order chi connectivity index (χ0) is 8.13. The normalized spacial score (nSPS) is 55.9. The lowest BCUT2D eigenvalue weighted by atomic mass is 9.90. The van der Waals surface area contributed by atoms with Crippen molar-refractivity contribution in [3.8, 4) is 0 Å². The van der Waals surface area contributed by atoms with Gasteiger partial charge in [0, 0.05) is 12.3 Å². The molecule has 0 amide bonds. The fourth-order valence-corrected chi connectivity index (χ4v) is 2.96. The average Bonchev–Trinajstić information content (AvgIpc) is 2.34. The second-order valence-electron chi connectivity index (χ2n) is 4.22. The number of aliphatic hydroxyl groups is 1. The average molecular weight is 166 g/mol. The Kier molecular flexibility index (Phi) is 1.38. The summed E-state index contributed by atoms with van der Waals surface area (Å²) in [5.74, 6) is 0.998. The van der Waals surface area contributed by atoms with Crippen LogP contribution in [0, 0.1) is 11.8 Å². The summed E-state index contributed by atoms with van der Waals surface area (Å²) in [6, 6.07) is 0. The number of ether oxygens (including phenoxy) is 1. The van der Waals surface area contributed by atoms with Gasteiger partial charge in [0.1, 0.15) is 0 Å². The van der Waals surface area contributed by atoms with Crippen molar-refractivity contribution in [2.45, 2.75) is 37.6 Å². The minimum atomic E-state index is -0.123. The van der Waals surface area contributed by atoms with Gasteiger partial charge in [-0.05, 0) is 18.8 Å².